The molecule has 1 aliphatic rings. The smallest absolute Gasteiger partial charge is 0.162 e. The van der Waals surface area contributed by atoms with E-state index in [1.54, 1.807) is 20.3 Å². The molecule has 3 nitrogen and oxygen atoms in total. The molecule has 0 amide bonds. The highest BCUT2D eigenvalue weighted by Crippen LogP contribution is 2.40. The average Bonchev–Trinajstić information content (AvgIpc) is 2.33. The summed E-state index contributed by atoms with van der Waals surface area (Å²) < 4.78 is 10.5. The third-order valence-electron chi connectivity index (χ3n) is 3.95. The van der Waals surface area contributed by atoms with Crippen molar-refractivity contribution in [1.29, 1.82) is 0 Å². The van der Waals surface area contributed by atoms with Crippen LogP contribution in [0.3, 0.4) is 0 Å². The Balaban J connectivity index is 2.05. The molecule has 0 radical (unpaired) electrons. The molecule has 2 rings (SSSR count). The summed E-state index contributed by atoms with van der Waals surface area (Å²) in [5.74, 6) is 2.95. The predicted octanol–water partition coefficient (Wildman–Crippen LogP) is 4.20. The van der Waals surface area contributed by atoms with E-state index in [4.69, 9.17) is 21.1 Å². The zero-order valence-corrected chi connectivity index (χ0v) is 12.8. The van der Waals surface area contributed by atoms with E-state index in [1.807, 2.05) is 6.07 Å². The molecule has 0 unspecified atom stereocenters. The molecule has 0 bridgehead atoms. The SMILES string of the molecule is COc1cc(Cl)c(NC2CC(C(C)C)C2)cc1OC. The van der Waals surface area contributed by atoms with Gasteiger partial charge in [-0.3, -0.25) is 0 Å². The average molecular weight is 284 g/mol. The second-order valence-electron chi connectivity index (χ2n) is 5.50. The van der Waals surface area contributed by atoms with Gasteiger partial charge in [-0.05, 0) is 24.7 Å². The van der Waals surface area contributed by atoms with Gasteiger partial charge in [0.15, 0.2) is 11.5 Å². The summed E-state index contributed by atoms with van der Waals surface area (Å²) in [6.07, 6.45) is 2.42. The van der Waals surface area contributed by atoms with Crippen LogP contribution in [0.1, 0.15) is 26.7 Å². The van der Waals surface area contributed by atoms with Crippen molar-refractivity contribution < 1.29 is 9.47 Å². The maximum absolute atomic E-state index is 6.26. The van der Waals surface area contributed by atoms with Gasteiger partial charge in [0.05, 0.1) is 24.9 Å². The molecule has 1 aromatic rings. The van der Waals surface area contributed by atoms with Gasteiger partial charge in [0, 0.05) is 18.2 Å². The molecule has 0 spiro atoms. The first-order chi connectivity index (χ1) is 9.05. The van der Waals surface area contributed by atoms with Gasteiger partial charge in [-0.1, -0.05) is 25.4 Å². The number of anilines is 1. The molecule has 0 aliphatic heterocycles. The Hall–Kier alpha value is -1.09. The molecule has 1 aliphatic carbocycles. The van der Waals surface area contributed by atoms with Crippen molar-refractivity contribution in [1.82, 2.24) is 0 Å². The van der Waals surface area contributed by atoms with Crippen LogP contribution in [-0.4, -0.2) is 20.3 Å². The van der Waals surface area contributed by atoms with Crippen LogP contribution in [0.4, 0.5) is 5.69 Å². The van der Waals surface area contributed by atoms with Crippen molar-refractivity contribution in [3.63, 3.8) is 0 Å². The van der Waals surface area contributed by atoms with E-state index in [0.29, 0.717) is 22.6 Å². The van der Waals surface area contributed by atoms with Gasteiger partial charge < -0.3 is 14.8 Å². The fourth-order valence-corrected chi connectivity index (χ4v) is 2.72. The summed E-state index contributed by atoms with van der Waals surface area (Å²) in [4.78, 5) is 0. The van der Waals surface area contributed by atoms with Crippen LogP contribution < -0.4 is 14.8 Å². The van der Waals surface area contributed by atoms with Gasteiger partial charge in [0.25, 0.3) is 0 Å². The van der Waals surface area contributed by atoms with E-state index in [9.17, 15) is 0 Å². The minimum atomic E-state index is 0.517. The molecule has 4 heteroatoms. The van der Waals surface area contributed by atoms with Gasteiger partial charge in [0.2, 0.25) is 0 Å². The number of halogens is 1. The lowest BCUT2D eigenvalue weighted by molar-refractivity contribution is 0.212. The standard InChI is InChI=1S/C15H22ClNO2/c1-9(2)10-5-11(6-10)17-13-8-15(19-4)14(18-3)7-12(13)16/h7-11,17H,5-6H2,1-4H3. The van der Waals surface area contributed by atoms with Crippen LogP contribution >= 0.6 is 11.6 Å². The monoisotopic (exact) mass is 283 g/mol. The molecule has 1 saturated carbocycles. The summed E-state index contributed by atoms with van der Waals surface area (Å²) >= 11 is 6.26. The fraction of sp³-hybridized carbons (Fsp3) is 0.600. The molecule has 1 N–H and O–H groups in total. The lowest BCUT2D eigenvalue weighted by Gasteiger charge is -2.39. The molecule has 0 saturated heterocycles. The third-order valence-corrected chi connectivity index (χ3v) is 4.26. The van der Waals surface area contributed by atoms with Crippen LogP contribution in [-0.2, 0) is 0 Å². The summed E-state index contributed by atoms with van der Waals surface area (Å²) in [6.45, 7) is 4.56. The van der Waals surface area contributed by atoms with Crippen LogP contribution in [0.2, 0.25) is 5.02 Å². The van der Waals surface area contributed by atoms with Gasteiger partial charge in [-0.2, -0.15) is 0 Å². The Morgan fingerprint density at radius 1 is 1.16 bits per heavy atom. The van der Waals surface area contributed by atoms with Crippen LogP contribution in [0.5, 0.6) is 11.5 Å². The van der Waals surface area contributed by atoms with Crippen molar-refractivity contribution in [3.8, 4) is 11.5 Å². The Labute approximate surface area is 120 Å². The highest BCUT2D eigenvalue weighted by molar-refractivity contribution is 6.33. The van der Waals surface area contributed by atoms with Crippen molar-refractivity contribution >= 4 is 17.3 Å². The molecule has 1 aromatic carbocycles. The largest absolute Gasteiger partial charge is 0.493 e. The highest BCUT2D eigenvalue weighted by Gasteiger charge is 2.31. The van der Waals surface area contributed by atoms with Crippen molar-refractivity contribution in [3.05, 3.63) is 17.2 Å². The molecule has 0 aromatic heterocycles. The molecule has 0 heterocycles. The number of hydrogen-bond acceptors (Lipinski definition) is 3. The Bertz CT molecular complexity index is 442. The Kier molecular flexibility index (Phi) is 4.46. The summed E-state index contributed by atoms with van der Waals surface area (Å²) in [5.41, 5.74) is 0.923. The van der Waals surface area contributed by atoms with Gasteiger partial charge in [-0.15, -0.1) is 0 Å². The Morgan fingerprint density at radius 3 is 2.26 bits per heavy atom. The second-order valence-corrected chi connectivity index (χ2v) is 5.91. The maximum Gasteiger partial charge on any atom is 0.162 e. The number of benzene rings is 1. The molecule has 1 fully saturated rings. The van der Waals surface area contributed by atoms with E-state index in [1.165, 1.54) is 12.8 Å². The van der Waals surface area contributed by atoms with Crippen LogP contribution in [0.25, 0.3) is 0 Å². The zero-order valence-electron chi connectivity index (χ0n) is 12.0. The van der Waals surface area contributed by atoms with E-state index >= 15 is 0 Å². The molecule has 19 heavy (non-hydrogen) atoms. The normalized spacial score (nSPS) is 22.0. The highest BCUT2D eigenvalue weighted by atomic mass is 35.5. The van der Waals surface area contributed by atoms with Gasteiger partial charge >= 0.3 is 0 Å². The van der Waals surface area contributed by atoms with Gasteiger partial charge in [0.1, 0.15) is 0 Å². The predicted molar refractivity (Wildman–Crippen MR) is 79.5 cm³/mol. The number of rotatable bonds is 5. The van der Waals surface area contributed by atoms with Crippen molar-refractivity contribution in [2.75, 3.05) is 19.5 Å². The summed E-state index contributed by atoms with van der Waals surface area (Å²) in [5, 5.41) is 4.16. The minimum Gasteiger partial charge on any atom is -0.493 e. The molecule has 106 valence electrons. The van der Waals surface area contributed by atoms with E-state index < -0.39 is 0 Å². The quantitative estimate of drug-likeness (QED) is 0.878. The number of nitrogens with one attached hydrogen (secondary N) is 1. The number of hydrogen-bond donors (Lipinski definition) is 1. The molecular weight excluding hydrogens is 262 g/mol. The van der Waals surface area contributed by atoms with Crippen LogP contribution in [0, 0.1) is 11.8 Å². The van der Waals surface area contributed by atoms with Crippen molar-refractivity contribution in [2.45, 2.75) is 32.7 Å². The number of ether oxygens (including phenoxy) is 2. The molecular formula is C15H22ClNO2. The summed E-state index contributed by atoms with van der Waals surface area (Å²) in [7, 11) is 3.24. The number of methoxy groups -OCH3 is 2. The first-order valence-corrected chi connectivity index (χ1v) is 7.11. The zero-order chi connectivity index (χ0) is 14.0. The lowest BCUT2D eigenvalue weighted by Crippen LogP contribution is -2.37. The van der Waals surface area contributed by atoms with Gasteiger partial charge in [-0.25, -0.2) is 0 Å². The van der Waals surface area contributed by atoms with E-state index in [2.05, 4.69) is 19.2 Å². The molecule has 0 atom stereocenters. The third kappa shape index (κ3) is 3.08. The lowest BCUT2D eigenvalue weighted by atomic mass is 9.73. The van der Waals surface area contributed by atoms with E-state index in [-0.39, 0.29) is 0 Å². The maximum atomic E-state index is 6.26. The first kappa shape index (κ1) is 14.3. The van der Waals surface area contributed by atoms with Crippen LogP contribution in [0.15, 0.2) is 12.1 Å². The topological polar surface area (TPSA) is 30.5 Å². The minimum absolute atomic E-state index is 0.517. The summed E-state index contributed by atoms with van der Waals surface area (Å²) in [6, 6.07) is 4.22. The van der Waals surface area contributed by atoms with Crippen molar-refractivity contribution in [2.24, 2.45) is 11.8 Å². The van der Waals surface area contributed by atoms with E-state index in [0.717, 1.165) is 17.5 Å². The Morgan fingerprint density at radius 2 is 1.74 bits per heavy atom. The fourth-order valence-electron chi connectivity index (χ4n) is 2.51. The first-order valence-electron chi connectivity index (χ1n) is 6.73. The second kappa shape index (κ2) is 5.91.